The van der Waals surface area contributed by atoms with E-state index in [-0.39, 0.29) is 47.5 Å². The first-order valence-corrected chi connectivity index (χ1v) is 10.7. The molecule has 7 rings (SSSR count). The molecule has 6 aliphatic rings. The fraction of sp³-hybridized carbons (Fsp3) is 0.522. The second-order valence-corrected chi connectivity index (χ2v) is 9.06. The number of ether oxygens (including phenoxy) is 1. The maximum absolute atomic E-state index is 13.2. The Morgan fingerprint density at radius 3 is 2.28 bits per heavy atom. The molecule has 6 heteroatoms. The summed E-state index contributed by atoms with van der Waals surface area (Å²) < 4.78 is 5.53. The molecular formula is C23H24N2O4. The Hall–Kier alpha value is -2.47. The SMILES string of the molecule is O=C(NC[C@@H]1CCCO1)c1ccc(N2C(=O)[C@@H]3[C@@H]4C=C[C@H]([C@H]5C[C@H]45)[C@@H]3C2=O)cc1. The average molecular weight is 392 g/mol. The number of amides is 3. The highest BCUT2D eigenvalue weighted by Gasteiger charge is 2.67. The second-order valence-electron chi connectivity index (χ2n) is 9.06. The van der Waals surface area contributed by atoms with Crippen LogP contribution in [0.15, 0.2) is 36.4 Å². The smallest absolute Gasteiger partial charge is 0.251 e. The number of rotatable bonds is 4. The lowest BCUT2D eigenvalue weighted by Crippen LogP contribution is -2.40. The summed E-state index contributed by atoms with van der Waals surface area (Å²) in [7, 11) is 0. The predicted octanol–water partition coefficient (Wildman–Crippen LogP) is 2.15. The van der Waals surface area contributed by atoms with Gasteiger partial charge in [0.25, 0.3) is 5.91 Å². The molecule has 29 heavy (non-hydrogen) atoms. The van der Waals surface area contributed by atoms with Gasteiger partial charge >= 0.3 is 0 Å². The van der Waals surface area contributed by atoms with Crippen molar-refractivity contribution in [2.75, 3.05) is 18.1 Å². The number of anilines is 1. The van der Waals surface area contributed by atoms with Gasteiger partial charge in [-0.1, -0.05) is 12.2 Å². The molecule has 6 nitrogen and oxygen atoms in total. The topological polar surface area (TPSA) is 75.7 Å². The predicted molar refractivity (Wildman–Crippen MR) is 105 cm³/mol. The molecule has 3 amide bonds. The summed E-state index contributed by atoms with van der Waals surface area (Å²) in [6.45, 7) is 1.26. The maximum Gasteiger partial charge on any atom is 0.251 e. The van der Waals surface area contributed by atoms with Crippen LogP contribution in [0.4, 0.5) is 5.69 Å². The molecule has 2 aliphatic heterocycles. The Bertz CT molecular complexity index is 881. The van der Waals surface area contributed by atoms with Gasteiger partial charge in [-0.25, -0.2) is 0 Å². The van der Waals surface area contributed by atoms with E-state index in [9.17, 15) is 14.4 Å². The van der Waals surface area contributed by atoms with Crippen LogP contribution in [0.5, 0.6) is 0 Å². The number of imide groups is 1. The summed E-state index contributed by atoms with van der Waals surface area (Å²) in [5.74, 6) is 0.934. The molecule has 1 aromatic rings. The molecule has 150 valence electrons. The Balaban J connectivity index is 1.18. The van der Waals surface area contributed by atoms with Crippen molar-refractivity contribution in [1.29, 1.82) is 0 Å². The van der Waals surface area contributed by atoms with Crippen LogP contribution in [0.1, 0.15) is 29.6 Å². The molecule has 2 saturated heterocycles. The zero-order valence-corrected chi connectivity index (χ0v) is 16.1. The summed E-state index contributed by atoms with van der Waals surface area (Å²) in [4.78, 5) is 40.0. The molecule has 7 atom stereocenters. The van der Waals surface area contributed by atoms with Crippen molar-refractivity contribution in [2.24, 2.45) is 35.5 Å². The van der Waals surface area contributed by atoms with E-state index in [1.54, 1.807) is 24.3 Å². The van der Waals surface area contributed by atoms with E-state index in [4.69, 9.17) is 4.74 Å². The van der Waals surface area contributed by atoms with Crippen molar-refractivity contribution in [2.45, 2.75) is 25.4 Å². The van der Waals surface area contributed by atoms with Gasteiger partial charge in [0.05, 0.1) is 23.6 Å². The molecule has 4 aliphatic carbocycles. The quantitative estimate of drug-likeness (QED) is 0.629. The summed E-state index contributed by atoms with van der Waals surface area (Å²) >= 11 is 0. The molecule has 0 aromatic heterocycles. The number of hydrogen-bond donors (Lipinski definition) is 1. The van der Waals surface area contributed by atoms with Crippen molar-refractivity contribution in [1.82, 2.24) is 5.32 Å². The van der Waals surface area contributed by atoms with Crippen LogP contribution in [-0.4, -0.2) is 37.0 Å². The summed E-state index contributed by atoms with van der Waals surface area (Å²) in [6, 6.07) is 6.80. The number of nitrogens with zero attached hydrogens (tertiary/aromatic N) is 1. The van der Waals surface area contributed by atoms with Crippen LogP contribution in [0.3, 0.4) is 0 Å². The standard InChI is InChI=1S/C23H24N2O4/c26-21(24-11-14-2-1-9-29-14)12-3-5-13(6-4-12)25-22(27)19-15-7-8-16(18-10-17(15)18)20(19)23(25)28/h3-8,14-20H,1-2,9-11H2,(H,24,26)/t14-,15+,16+,17+,18+,19-,20+/m0/s1. The molecule has 2 bridgehead atoms. The molecule has 2 heterocycles. The normalized spacial score (nSPS) is 38.9. The van der Waals surface area contributed by atoms with Crippen LogP contribution < -0.4 is 10.2 Å². The van der Waals surface area contributed by atoms with Crippen LogP contribution in [0.2, 0.25) is 0 Å². The lowest BCUT2D eigenvalue weighted by Gasteiger charge is -2.37. The first-order chi connectivity index (χ1) is 14.1. The lowest BCUT2D eigenvalue weighted by molar-refractivity contribution is -0.124. The third kappa shape index (κ3) is 2.54. The van der Waals surface area contributed by atoms with Gasteiger partial charge in [-0.05, 0) is 67.2 Å². The third-order valence-electron chi connectivity index (χ3n) is 7.56. The van der Waals surface area contributed by atoms with Gasteiger partial charge in [-0.15, -0.1) is 0 Å². The van der Waals surface area contributed by atoms with E-state index in [0.717, 1.165) is 25.9 Å². The zero-order chi connectivity index (χ0) is 19.7. The average Bonchev–Trinajstić information content (AvgIpc) is 3.33. The van der Waals surface area contributed by atoms with Crippen molar-refractivity contribution < 1.29 is 19.1 Å². The summed E-state index contributed by atoms with van der Waals surface area (Å²) in [6.07, 6.45) is 7.61. The van der Waals surface area contributed by atoms with Crippen molar-refractivity contribution in [3.8, 4) is 0 Å². The number of carbonyl (C=O) groups is 3. The fourth-order valence-electron chi connectivity index (χ4n) is 6.09. The molecule has 1 aromatic carbocycles. The zero-order valence-electron chi connectivity index (χ0n) is 16.1. The third-order valence-corrected chi connectivity index (χ3v) is 7.56. The Morgan fingerprint density at radius 1 is 1.03 bits per heavy atom. The number of hydrogen-bond acceptors (Lipinski definition) is 4. The number of allylic oxidation sites excluding steroid dienone is 2. The minimum absolute atomic E-state index is 0.0692. The molecule has 0 spiro atoms. The molecule has 4 fully saturated rings. The molecule has 0 unspecified atom stereocenters. The van der Waals surface area contributed by atoms with Crippen molar-refractivity contribution >= 4 is 23.4 Å². The molecular weight excluding hydrogens is 368 g/mol. The van der Waals surface area contributed by atoms with E-state index >= 15 is 0 Å². The van der Waals surface area contributed by atoms with Gasteiger partial charge in [0.15, 0.2) is 0 Å². The second kappa shape index (κ2) is 6.26. The molecule has 2 saturated carbocycles. The van der Waals surface area contributed by atoms with Crippen LogP contribution in [0.25, 0.3) is 0 Å². The molecule has 1 N–H and O–H groups in total. The highest BCUT2D eigenvalue weighted by molar-refractivity contribution is 6.22. The Kier molecular flexibility index (Phi) is 3.76. The van der Waals surface area contributed by atoms with E-state index in [1.807, 2.05) is 0 Å². The van der Waals surface area contributed by atoms with Gasteiger partial charge in [0.1, 0.15) is 0 Å². The maximum atomic E-state index is 13.2. The van der Waals surface area contributed by atoms with E-state index in [0.29, 0.717) is 29.6 Å². The Labute approximate surface area is 169 Å². The highest BCUT2D eigenvalue weighted by atomic mass is 16.5. The van der Waals surface area contributed by atoms with Crippen LogP contribution >= 0.6 is 0 Å². The summed E-state index contributed by atoms with van der Waals surface area (Å²) in [5.41, 5.74) is 1.09. The molecule has 0 radical (unpaired) electrons. The minimum Gasteiger partial charge on any atom is -0.376 e. The highest BCUT2D eigenvalue weighted by Crippen LogP contribution is 2.65. The van der Waals surface area contributed by atoms with Gasteiger partial charge in [-0.3, -0.25) is 19.3 Å². The monoisotopic (exact) mass is 392 g/mol. The van der Waals surface area contributed by atoms with E-state index in [2.05, 4.69) is 17.5 Å². The van der Waals surface area contributed by atoms with E-state index < -0.39 is 0 Å². The van der Waals surface area contributed by atoms with Gasteiger partial charge in [0.2, 0.25) is 11.8 Å². The number of benzene rings is 1. The van der Waals surface area contributed by atoms with Gasteiger partial charge in [-0.2, -0.15) is 0 Å². The largest absolute Gasteiger partial charge is 0.376 e. The van der Waals surface area contributed by atoms with Crippen molar-refractivity contribution in [3.63, 3.8) is 0 Å². The number of carbonyl (C=O) groups excluding carboxylic acids is 3. The minimum atomic E-state index is -0.198. The Morgan fingerprint density at radius 2 is 1.69 bits per heavy atom. The number of nitrogens with one attached hydrogen (secondary N) is 1. The van der Waals surface area contributed by atoms with Gasteiger partial charge in [0, 0.05) is 18.7 Å². The van der Waals surface area contributed by atoms with Crippen LogP contribution in [0, 0.1) is 35.5 Å². The van der Waals surface area contributed by atoms with Gasteiger partial charge < -0.3 is 10.1 Å². The van der Waals surface area contributed by atoms with Crippen LogP contribution in [-0.2, 0) is 14.3 Å². The first-order valence-electron chi connectivity index (χ1n) is 10.7. The lowest BCUT2D eigenvalue weighted by atomic mass is 9.63. The fourth-order valence-corrected chi connectivity index (χ4v) is 6.09. The first kappa shape index (κ1) is 17.4. The van der Waals surface area contributed by atoms with E-state index in [1.165, 1.54) is 4.90 Å². The summed E-state index contributed by atoms with van der Waals surface area (Å²) in [5, 5.41) is 2.90. The van der Waals surface area contributed by atoms with Crippen molar-refractivity contribution in [3.05, 3.63) is 42.0 Å².